The van der Waals surface area contributed by atoms with E-state index in [2.05, 4.69) is 37.6 Å². The molecule has 0 aromatic carbocycles. The molecule has 0 spiro atoms. The van der Waals surface area contributed by atoms with Crippen LogP contribution in [0.4, 0.5) is 0 Å². The maximum atomic E-state index is 3.96. The Bertz CT molecular complexity index is 243. The first-order chi connectivity index (χ1) is 6.07. The Balaban J connectivity index is 0.00000169. The van der Waals surface area contributed by atoms with Crippen molar-refractivity contribution < 1.29 is 0 Å². The minimum absolute atomic E-state index is 0. The third kappa shape index (κ3) is 2.29. The molecule has 1 unspecified atom stereocenters. The minimum Gasteiger partial charge on any atom is -0.366 e. The Morgan fingerprint density at radius 3 is 2.57 bits per heavy atom. The first-order valence-electron chi connectivity index (χ1n) is 4.95. The van der Waals surface area contributed by atoms with Crippen LogP contribution in [-0.4, -0.2) is 17.6 Å². The molecule has 0 radical (unpaired) electrons. The number of nitrogens with zero attached hydrogens (tertiary/aromatic N) is 1. The Morgan fingerprint density at radius 1 is 1.64 bits per heavy atom. The molecule has 1 aliphatic rings. The second-order valence-electron chi connectivity index (χ2n) is 3.80. The zero-order valence-corrected chi connectivity index (χ0v) is 9.85. The SMILES string of the molecule is C=C(C)C1=C(C)N(C(C)CC)CN1.N. The van der Waals surface area contributed by atoms with Crippen LogP contribution in [0.2, 0.25) is 0 Å². The molecule has 0 fully saturated rings. The third-order valence-electron chi connectivity index (χ3n) is 2.77. The van der Waals surface area contributed by atoms with Crippen LogP contribution in [0.1, 0.15) is 34.1 Å². The maximum absolute atomic E-state index is 3.96. The van der Waals surface area contributed by atoms with Crippen molar-refractivity contribution in [3.8, 4) is 0 Å². The third-order valence-corrected chi connectivity index (χ3v) is 2.77. The first-order valence-corrected chi connectivity index (χ1v) is 4.95. The first kappa shape index (κ1) is 13.0. The summed E-state index contributed by atoms with van der Waals surface area (Å²) < 4.78 is 0. The highest BCUT2D eigenvalue weighted by molar-refractivity contribution is 5.31. The van der Waals surface area contributed by atoms with Crippen LogP contribution >= 0.6 is 0 Å². The van der Waals surface area contributed by atoms with Gasteiger partial charge in [-0.05, 0) is 32.8 Å². The van der Waals surface area contributed by atoms with E-state index < -0.39 is 0 Å². The largest absolute Gasteiger partial charge is 0.366 e. The smallest absolute Gasteiger partial charge is 0.0877 e. The topological polar surface area (TPSA) is 50.3 Å². The summed E-state index contributed by atoms with van der Waals surface area (Å²) in [5, 5.41) is 3.38. The van der Waals surface area contributed by atoms with Crippen molar-refractivity contribution in [2.75, 3.05) is 6.67 Å². The van der Waals surface area contributed by atoms with Crippen LogP contribution in [0.15, 0.2) is 23.5 Å². The molecule has 0 saturated carbocycles. The van der Waals surface area contributed by atoms with Crippen LogP contribution in [0.5, 0.6) is 0 Å². The second kappa shape index (κ2) is 5.05. The van der Waals surface area contributed by atoms with Gasteiger partial charge in [-0.1, -0.05) is 13.5 Å². The number of nitrogens with one attached hydrogen (secondary N) is 1. The molecule has 4 N–H and O–H groups in total. The summed E-state index contributed by atoms with van der Waals surface area (Å²) in [7, 11) is 0. The van der Waals surface area contributed by atoms with Gasteiger partial charge in [-0.25, -0.2) is 0 Å². The Morgan fingerprint density at radius 2 is 2.21 bits per heavy atom. The predicted molar refractivity (Wildman–Crippen MR) is 62.1 cm³/mol. The van der Waals surface area contributed by atoms with Crippen molar-refractivity contribution >= 4 is 0 Å². The summed E-state index contributed by atoms with van der Waals surface area (Å²) in [5.41, 5.74) is 3.69. The molecule has 0 aliphatic carbocycles. The molecule has 1 aliphatic heterocycles. The van der Waals surface area contributed by atoms with Crippen LogP contribution in [0.3, 0.4) is 0 Å². The number of rotatable bonds is 3. The van der Waals surface area contributed by atoms with Crippen molar-refractivity contribution in [1.82, 2.24) is 16.4 Å². The molecular weight excluding hydrogens is 174 g/mol. The normalized spacial score (nSPS) is 17.6. The van der Waals surface area contributed by atoms with Gasteiger partial charge in [0.15, 0.2) is 0 Å². The lowest BCUT2D eigenvalue weighted by atomic mass is 10.2. The maximum Gasteiger partial charge on any atom is 0.0877 e. The van der Waals surface area contributed by atoms with Gasteiger partial charge in [-0.3, -0.25) is 0 Å². The number of allylic oxidation sites excluding steroid dienone is 2. The highest BCUT2D eigenvalue weighted by Crippen LogP contribution is 2.22. The quantitative estimate of drug-likeness (QED) is 0.731. The fraction of sp³-hybridized carbons (Fsp3) is 0.636. The molecule has 3 nitrogen and oxygen atoms in total. The molecule has 1 rings (SSSR count). The van der Waals surface area contributed by atoms with Crippen LogP contribution in [-0.2, 0) is 0 Å². The Kier molecular flexibility index (Phi) is 4.71. The van der Waals surface area contributed by atoms with E-state index in [1.54, 1.807) is 0 Å². The molecule has 1 heterocycles. The molecule has 0 amide bonds. The van der Waals surface area contributed by atoms with Crippen LogP contribution in [0.25, 0.3) is 0 Å². The van der Waals surface area contributed by atoms with E-state index in [0.29, 0.717) is 6.04 Å². The van der Waals surface area contributed by atoms with Gasteiger partial charge in [-0.2, -0.15) is 0 Å². The zero-order valence-electron chi connectivity index (χ0n) is 9.85. The van der Waals surface area contributed by atoms with Crippen LogP contribution < -0.4 is 11.5 Å². The molecule has 0 aromatic heterocycles. The number of hydrogen-bond donors (Lipinski definition) is 2. The predicted octanol–water partition coefficient (Wildman–Crippen LogP) is 2.62. The summed E-state index contributed by atoms with van der Waals surface area (Å²) >= 11 is 0. The average molecular weight is 197 g/mol. The van der Waals surface area contributed by atoms with Crippen molar-refractivity contribution in [1.29, 1.82) is 0 Å². The summed E-state index contributed by atoms with van der Waals surface area (Å²) in [6, 6.07) is 0.615. The van der Waals surface area contributed by atoms with Gasteiger partial charge in [0.1, 0.15) is 0 Å². The molecule has 1 atom stereocenters. The zero-order chi connectivity index (χ0) is 10.0. The molecule has 3 heteroatoms. The van der Waals surface area contributed by atoms with Gasteiger partial charge in [0.05, 0.1) is 12.4 Å². The monoisotopic (exact) mass is 197 g/mol. The van der Waals surface area contributed by atoms with E-state index in [0.717, 1.165) is 12.2 Å². The summed E-state index contributed by atoms with van der Waals surface area (Å²) in [5.74, 6) is 0. The van der Waals surface area contributed by atoms with Gasteiger partial charge >= 0.3 is 0 Å². The van der Waals surface area contributed by atoms with Crippen molar-refractivity contribution in [3.63, 3.8) is 0 Å². The highest BCUT2D eigenvalue weighted by Gasteiger charge is 2.21. The van der Waals surface area contributed by atoms with E-state index in [4.69, 9.17) is 0 Å². The molecule has 0 aromatic rings. The molecule has 0 bridgehead atoms. The highest BCUT2D eigenvalue weighted by atomic mass is 15.3. The standard InChI is InChI=1S/C11H20N2.H3N/c1-6-9(4)13-7-12-11(8(2)3)10(13)5;/h9,12H,2,6-7H2,1,3-5H3;1H3. The molecule has 82 valence electrons. The lowest BCUT2D eigenvalue weighted by Gasteiger charge is -2.25. The van der Waals surface area contributed by atoms with Crippen molar-refractivity contribution in [2.45, 2.75) is 40.2 Å². The van der Waals surface area contributed by atoms with Gasteiger partial charge in [-0.15, -0.1) is 0 Å². The van der Waals surface area contributed by atoms with Gasteiger partial charge in [0.25, 0.3) is 0 Å². The van der Waals surface area contributed by atoms with E-state index >= 15 is 0 Å². The molecule has 0 saturated heterocycles. The number of hydrogen-bond acceptors (Lipinski definition) is 3. The lowest BCUT2D eigenvalue weighted by molar-refractivity contribution is 0.276. The molecule has 14 heavy (non-hydrogen) atoms. The van der Waals surface area contributed by atoms with Gasteiger partial charge in [0, 0.05) is 11.7 Å². The van der Waals surface area contributed by atoms with Gasteiger partial charge < -0.3 is 16.4 Å². The summed E-state index contributed by atoms with van der Waals surface area (Å²) in [6.07, 6.45) is 1.18. The van der Waals surface area contributed by atoms with Crippen molar-refractivity contribution in [2.24, 2.45) is 0 Å². The van der Waals surface area contributed by atoms with E-state index in [-0.39, 0.29) is 6.15 Å². The minimum atomic E-state index is 0. The lowest BCUT2D eigenvalue weighted by Crippen LogP contribution is -2.31. The fourth-order valence-corrected chi connectivity index (χ4v) is 1.72. The van der Waals surface area contributed by atoms with Crippen molar-refractivity contribution in [3.05, 3.63) is 23.5 Å². The van der Waals surface area contributed by atoms with Crippen LogP contribution in [0, 0.1) is 0 Å². The van der Waals surface area contributed by atoms with E-state index in [1.165, 1.54) is 17.8 Å². The Hall–Kier alpha value is -0.960. The summed E-state index contributed by atoms with van der Waals surface area (Å²) in [6.45, 7) is 13.6. The average Bonchev–Trinajstić information content (AvgIpc) is 2.46. The second-order valence-corrected chi connectivity index (χ2v) is 3.80. The van der Waals surface area contributed by atoms with E-state index in [1.807, 2.05) is 6.92 Å². The van der Waals surface area contributed by atoms with E-state index in [9.17, 15) is 0 Å². The Labute approximate surface area is 87.4 Å². The fourth-order valence-electron chi connectivity index (χ4n) is 1.72. The summed E-state index contributed by atoms with van der Waals surface area (Å²) in [4.78, 5) is 2.39. The molecular formula is C11H23N3. The van der Waals surface area contributed by atoms with Gasteiger partial charge in [0.2, 0.25) is 0 Å².